The summed E-state index contributed by atoms with van der Waals surface area (Å²) in [6.07, 6.45) is 0. The Morgan fingerprint density at radius 3 is 2.00 bits per heavy atom. The lowest BCUT2D eigenvalue weighted by molar-refractivity contribution is 0.176. The van der Waals surface area contributed by atoms with Gasteiger partial charge < -0.3 is 18.9 Å². The maximum Gasteiger partial charge on any atom is 0.362 e. The van der Waals surface area contributed by atoms with Crippen molar-refractivity contribution in [1.82, 2.24) is 0 Å². The Balaban J connectivity index is 2.95. The zero-order valence-electron chi connectivity index (χ0n) is 9.41. The second kappa shape index (κ2) is 5.46. The molecule has 1 rings (SSSR count). The Kier molecular flexibility index (Phi) is 4.50. The molecule has 0 saturated carbocycles. The van der Waals surface area contributed by atoms with Gasteiger partial charge in [0, 0.05) is 14.2 Å². The van der Waals surface area contributed by atoms with Crippen LogP contribution in [-0.2, 0) is 13.6 Å². The second-order valence-corrected chi connectivity index (χ2v) is 5.35. The van der Waals surface area contributed by atoms with Gasteiger partial charge in [0.25, 0.3) is 0 Å². The van der Waals surface area contributed by atoms with Gasteiger partial charge in [-0.25, -0.2) is 0 Å². The van der Waals surface area contributed by atoms with Crippen molar-refractivity contribution in [3.05, 3.63) is 29.8 Å². The summed E-state index contributed by atoms with van der Waals surface area (Å²) >= 11 is 0. The molecular weight excluding hydrogens is 231 g/mol. The largest absolute Gasteiger partial charge is 0.497 e. The molecule has 90 valence electrons. The fourth-order valence-corrected chi connectivity index (χ4v) is 2.32. The predicted octanol–water partition coefficient (Wildman–Crippen LogP) is 2.17. The van der Waals surface area contributed by atoms with E-state index in [1.165, 1.54) is 14.2 Å². The van der Waals surface area contributed by atoms with Crippen molar-refractivity contribution in [3.63, 3.8) is 0 Å². The first-order valence-corrected chi connectivity index (χ1v) is 6.21. The van der Waals surface area contributed by atoms with Crippen LogP contribution in [0.5, 0.6) is 5.75 Å². The van der Waals surface area contributed by atoms with E-state index < -0.39 is 13.4 Å². The molecule has 0 spiro atoms. The third-order valence-electron chi connectivity index (χ3n) is 2.22. The lowest BCUT2D eigenvalue weighted by Gasteiger charge is -2.19. The van der Waals surface area contributed by atoms with E-state index in [9.17, 15) is 9.67 Å². The van der Waals surface area contributed by atoms with Crippen molar-refractivity contribution < 1.29 is 23.5 Å². The van der Waals surface area contributed by atoms with E-state index >= 15 is 0 Å². The van der Waals surface area contributed by atoms with Gasteiger partial charge in [0.2, 0.25) is 0 Å². The first-order chi connectivity index (χ1) is 7.57. The number of rotatable bonds is 5. The molecule has 0 amide bonds. The van der Waals surface area contributed by atoms with Crippen LogP contribution in [0.15, 0.2) is 24.3 Å². The maximum atomic E-state index is 11.9. The third-order valence-corrected chi connectivity index (χ3v) is 4.14. The first-order valence-electron chi connectivity index (χ1n) is 4.60. The van der Waals surface area contributed by atoms with E-state index in [2.05, 4.69) is 0 Å². The van der Waals surface area contributed by atoms with Gasteiger partial charge in [-0.2, -0.15) is 0 Å². The summed E-state index contributed by atoms with van der Waals surface area (Å²) in [7, 11) is 0.506. The molecule has 16 heavy (non-hydrogen) atoms. The standard InChI is InChI=1S/C10H15O5P/c1-13-9-6-4-8(5-7-9)10(11)16(12,14-2)15-3/h4-7,10-11H,1-3H3. The normalized spacial score (nSPS) is 13.5. The van der Waals surface area contributed by atoms with E-state index in [4.69, 9.17) is 13.8 Å². The molecule has 1 unspecified atom stereocenters. The molecule has 0 saturated heterocycles. The Hall–Kier alpha value is -0.870. The average Bonchev–Trinajstić information content (AvgIpc) is 2.37. The summed E-state index contributed by atoms with van der Waals surface area (Å²) in [6.45, 7) is 0. The van der Waals surface area contributed by atoms with E-state index in [1.807, 2.05) is 0 Å². The fourth-order valence-electron chi connectivity index (χ4n) is 1.23. The van der Waals surface area contributed by atoms with Crippen molar-refractivity contribution in [2.45, 2.75) is 5.85 Å². The van der Waals surface area contributed by atoms with Crippen molar-refractivity contribution in [2.24, 2.45) is 0 Å². The number of aliphatic hydroxyl groups excluding tert-OH is 1. The van der Waals surface area contributed by atoms with Crippen LogP contribution in [0.4, 0.5) is 0 Å². The van der Waals surface area contributed by atoms with Crippen LogP contribution < -0.4 is 4.74 Å². The smallest absolute Gasteiger partial charge is 0.362 e. The third kappa shape index (κ3) is 2.62. The molecule has 0 radical (unpaired) electrons. The molecule has 0 aliphatic heterocycles. The first kappa shape index (κ1) is 13.2. The molecule has 0 bridgehead atoms. The van der Waals surface area contributed by atoms with Gasteiger partial charge in [0.15, 0.2) is 5.85 Å². The van der Waals surface area contributed by atoms with Crippen LogP contribution in [0.2, 0.25) is 0 Å². The minimum absolute atomic E-state index is 0.452. The minimum Gasteiger partial charge on any atom is -0.497 e. The van der Waals surface area contributed by atoms with Gasteiger partial charge in [-0.15, -0.1) is 0 Å². The van der Waals surface area contributed by atoms with Crippen LogP contribution >= 0.6 is 7.60 Å². The molecule has 1 atom stereocenters. The summed E-state index contributed by atoms with van der Waals surface area (Å²) < 4.78 is 26.3. The number of ether oxygens (including phenoxy) is 1. The van der Waals surface area contributed by atoms with Gasteiger partial charge in [-0.05, 0) is 17.7 Å². The summed E-state index contributed by atoms with van der Waals surface area (Å²) in [6, 6.07) is 6.53. The van der Waals surface area contributed by atoms with Crippen molar-refractivity contribution in [3.8, 4) is 5.75 Å². The summed E-state index contributed by atoms with van der Waals surface area (Å²) in [4.78, 5) is 0. The van der Waals surface area contributed by atoms with Crippen molar-refractivity contribution in [1.29, 1.82) is 0 Å². The molecule has 1 N–H and O–H groups in total. The predicted molar refractivity (Wildman–Crippen MR) is 59.6 cm³/mol. The highest BCUT2D eigenvalue weighted by Gasteiger charge is 2.33. The Bertz CT molecular complexity index is 367. The van der Waals surface area contributed by atoms with Crippen LogP contribution in [0.3, 0.4) is 0 Å². The lowest BCUT2D eigenvalue weighted by atomic mass is 10.2. The molecule has 0 heterocycles. The highest BCUT2D eigenvalue weighted by atomic mass is 31.2. The van der Waals surface area contributed by atoms with E-state index in [1.54, 1.807) is 31.4 Å². The van der Waals surface area contributed by atoms with Gasteiger partial charge in [-0.1, -0.05) is 12.1 Å². The molecule has 0 aliphatic carbocycles. The molecule has 0 aliphatic rings. The number of hydrogen-bond acceptors (Lipinski definition) is 5. The van der Waals surface area contributed by atoms with Crippen molar-refractivity contribution in [2.75, 3.05) is 21.3 Å². The maximum absolute atomic E-state index is 11.9. The molecule has 6 heteroatoms. The minimum atomic E-state index is -3.50. The Labute approximate surface area is 94.5 Å². The molecule has 1 aromatic carbocycles. The van der Waals surface area contributed by atoms with E-state index in [-0.39, 0.29) is 0 Å². The van der Waals surface area contributed by atoms with Crippen molar-refractivity contribution >= 4 is 7.60 Å². The number of hydrogen-bond donors (Lipinski definition) is 1. The van der Waals surface area contributed by atoms with Crippen LogP contribution in [0.1, 0.15) is 11.4 Å². The summed E-state index contributed by atoms with van der Waals surface area (Å²) in [5.41, 5.74) is 0.452. The van der Waals surface area contributed by atoms with E-state index in [0.717, 1.165) is 0 Å². The quantitative estimate of drug-likeness (QED) is 0.806. The van der Waals surface area contributed by atoms with E-state index in [0.29, 0.717) is 11.3 Å². The zero-order chi connectivity index (χ0) is 12.2. The lowest BCUT2D eigenvalue weighted by Crippen LogP contribution is -2.02. The molecule has 5 nitrogen and oxygen atoms in total. The number of methoxy groups -OCH3 is 1. The average molecular weight is 246 g/mol. The summed E-state index contributed by atoms with van der Waals surface area (Å²) in [5.74, 6) is -0.644. The van der Waals surface area contributed by atoms with Crippen LogP contribution in [-0.4, -0.2) is 26.4 Å². The van der Waals surface area contributed by atoms with Crippen LogP contribution in [0.25, 0.3) is 0 Å². The Morgan fingerprint density at radius 2 is 1.62 bits per heavy atom. The topological polar surface area (TPSA) is 65.0 Å². The number of aliphatic hydroxyl groups is 1. The SMILES string of the molecule is COc1ccc(C(O)P(=O)(OC)OC)cc1. The second-order valence-electron chi connectivity index (χ2n) is 3.05. The summed E-state index contributed by atoms with van der Waals surface area (Å²) in [5, 5.41) is 9.85. The molecule has 1 aromatic rings. The molecular formula is C10H15O5P. The molecule has 0 aromatic heterocycles. The monoisotopic (exact) mass is 246 g/mol. The number of benzene rings is 1. The fraction of sp³-hybridized carbons (Fsp3) is 0.400. The van der Waals surface area contributed by atoms with Crippen LogP contribution in [0, 0.1) is 0 Å². The highest BCUT2D eigenvalue weighted by molar-refractivity contribution is 7.53. The molecule has 0 fully saturated rings. The van der Waals surface area contributed by atoms with Gasteiger partial charge in [0.05, 0.1) is 7.11 Å². The Morgan fingerprint density at radius 1 is 1.12 bits per heavy atom. The van der Waals surface area contributed by atoms with Gasteiger partial charge in [-0.3, -0.25) is 4.57 Å². The highest BCUT2D eigenvalue weighted by Crippen LogP contribution is 2.58. The zero-order valence-corrected chi connectivity index (χ0v) is 10.3. The van der Waals surface area contributed by atoms with Gasteiger partial charge in [0.1, 0.15) is 5.75 Å². The van der Waals surface area contributed by atoms with Gasteiger partial charge >= 0.3 is 7.60 Å².